The van der Waals surface area contributed by atoms with Crippen molar-refractivity contribution in [2.45, 2.75) is 50.4 Å². The van der Waals surface area contributed by atoms with Crippen LogP contribution in [0.3, 0.4) is 0 Å². The Hall–Kier alpha value is -1.76. The molecule has 0 radical (unpaired) electrons. The SMILES string of the molecule is CCSC1CCCCC1NC(=O)NCc1nnc2ccccn12. The average Bonchev–Trinajstić information content (AvgIpc) is 2.98. The first-order valence-electron chi connectivity index (χ1n) is 8.22. The van der Waals surface area contributed by atoms with Gasteiger partial charge in [-0.1, -0.05) is 25.8 Å². The first-order chi connectivity index (χ1) is 11.3. The molecule has 7 heteroatoms. The largest absolute Gasteiger partial charge is 0.334 e. The van der Waals surface area contributed by atoms with Crippen LogP contribution in [0.25, 0.3) is 5.65 Å². The lowest BCUT2D eigenvalue weighted by Crippen LogP contribution is -2.48. The molecule has 0 aromatic carbocycles. The van der Waals surface area contributed by atoms with E-state index < -0.39 is 0 Å². The Morgan fingerprint density at radius 1 is 1.35 bits per heavy atom. The molecular weight excluding hydrogens is 310 g/mol. The molecule has 124 valence electrons. The van der Waals surface area contributed by atoms with E-state index >= 15 is 0 Å². The van der Waals surface area contributed by atoms with Crippen molar-refractivity contribution < 1.29 is 4.79 Å². The van der Waals surface area contributed by atoms with Gasteiger partial charge < -0.3 is 10.6 Å². The first kappa shape index (κ1) is 16.1. The second-order valence-electron chi connectivity index (χ2n) is 5.76. The van der Waals surface area contributed by atoms with Gasteiger partial charge >= 0.3 is 6.03 Å². The molecular formula is C16H23N5OS. The van der Waals surface area contributed by atoms with Crippen molar-refractivity contribution in [2.75, 3.05) is 5.75 Å². The van der Waals surface area contributed by atoms with E-state index in [0.717, 1.165) is 23.6 Å². The van der Waals surface area contributed by atoms with E-state index in [-0.39, 0.29) is 12.1 Å². The standard InChI is InChI=1S/C16H23N5OS/c1-2-23-13-8-4-3-7-12(13)18-16(22)17-11-15-20-19-14-9-5-6-10-21(14)15/h5-6,9-10,12-13H,2-4,7-8,11H2,1H3,(H2,17,18,22). The van der Waals surface area contributed by atoms with Crippen molar-refractivity contribution in [3.05, 3.63) is 30.2 Å². The Morgan fingerprint density at radius 3 is 3.09 bits per heavy atom. The molecule has 3 rings (SSSR count). The number of carbonyl (C=O) groups is 1. The number of carbonyl (C=O) groups excluding carboxylic acids is 1. The molecule has 0 saturated heterocycles. The molecule has 1 fully saturated rings. The normalized spacial score (nSPS) is 21.3. The number of hydrogen-bond acceptors (Lipinski definition) is 4. The highest BCUT2D eigenvalue weighted by Gasteiger charge is 2.26. The van der Waals surface area contributed by atoms with Crippen molar-refractivity contribution in [3.8, 4) is 0 Å². The number of nitrogens with zero attached hydrogens (tertiary/aromatic N) is 3. The number of hydrogen-bond donors (Lipinski definition) is 2. The topological polar surface area (TPSA) is 71.3 Å². The van der Waals surface area contributed by atoms with Crippen molar-refractivity contribution in [2.24, 2.45) is 0 Å². The number of thioether (sulfide) groups is 1. The van der Waals surface area contributed by atoms with Crippen LogP contribution >= 0.6 is 11.8 Å². The fraction of sp³-hybridized carbons (Fsp3) is 0.562. The molecule has 2 unspecified atom stereocenters. The highest BCUT2D eigenvalue weighted by molar-refractivity contribution is 7.99. The number of pyridine rings is 1. The van der Waals surface area contributed by atoms with Gasteiger partial charge in [0, 0.05) is 17.5 Å². The zero-order valence-electron chi connectivity index (χ0n) is 13.4. The van der Waals surface area contributed by atoms with Crippen LogP contribution in [0, 0.1) is 0 Å². The molecule has 2 N–H and O–H groups in total. The van der Waals surface area contributed by atoms with Crippen LogP contribution < -0.4 is 10.6 Å². The van der Waals surface area contributed by atoms with Gasteiger partial charge in [-0.2, -0.15) is 11.8 Å². The van der Waals surface area contributed by atoms with Crippen molar-refractivity contribution >= 4 is 23.4 Å². The molecule has 23 heavy (non-hydrogen) atoms. The lowest BCUT2D eigenvalue weighted by Gasteiger charge is -2.31. The van der Waals surface area contributed by atoms with Crippen LogP contribution in [0.2, 0.25) is 0 Å². The summed E-state index contributed by atoms with van der Waals surface area (Å²) in [6, 6.07) is 5.89. The quantitative estimate of drug-likeness (QED) is 0.882. The maximum Gasteiger partial charge on any atom is 0.315 e. The number of aromatic nitrogens is 3. The summed E-state index contributed by atoms with van der Waals surface area (Å²) in [6.45, 7) is 2.54. The average molecular weight is 333 g/mol. The van der Waals surface area contributed by atoms with Crippen molar-refractivity contribution in [1.29, 1.82) is 0 Å². The van der Waals surface area contributed by atoms with Gasteiger partial charge in [0.25, 0.3) is 0 Å². The molecule has 2 atom stereocenters. The molecule has 0 aliphatic heterocycles. The third kappa shape index (κ3) is 3.96. The van der Waals surface area contributed by atoms with Gasteiger partial charge in [0.1, 0.15) is 0 Å². The van der Waals surface area contributed by atoms with Gasteiger partial charge in [0.15, 0.2) is 11.5 Å². The van der Waals surface area contributed by atoms with Crippen LogP contribution in [0.15, 0.2) is 24.4 Å². The minimum atomic E-state index is -0.119. The molecule has 1 saturated carbocycles. The third-order valence-electron chi connectivity index (χ3n) is 4.19. The number of fused-ring (bicyclic) bond motifs is 1. The second-order valence-corrected chi connectivity index (χ2v) is 7.27. The summed E-state index contributed by atoms with van der Waals surface area (Å²) < 4.78 is 1.89. The fourth-order valence-electron chi connectivity index (χ4n) is 3.07. The molecule has 1 aliphatic rings. The zero-order chi connectivity index (χ0) is 16.1. The van der Waals surface area contributed by atoms with Gasteiger partial charge in [0.05, 0.1) is 6.54 Å². The smallest absolute Gasteiger partial charge is 0.315 e. The van der Waals surface area contributed by atoms with Crippen LogP contribution in [0.1, 0.15) is 38.4 Å². The lowest BCUT2D eigenvalue weighted by molar-refractivity contribution is 0.232. The summed E-state index contributed by atoms with van der Waals surface area (Å²) >= 11 is 1.95. The second kappa shape index (κ2) is 7.68. The van der Waals surface area contributed by atoms with Crippen LogP contribution in [0.5, 0.6) is 0 Å². The maximum absolute atomic E-state index is 12.2. The van der Waals surface area contributed by atoms with E-state index in [1.165, 1.54) is 19.3 Å². The fourth-order valence-corrected chi connectivity index (χ4v) is 4.26. The van der Waals surface area contributed by atoms with E-state index in [9.17, 15) is 4.79 Å². The molecule has 6 nitrogen and oxygen atoms in total. The summed E-state index contributed by atoms with van der Waals surface area (Å²) in [5.74, 6) is 1.83. The number of urea groups is 1. The number of amides is 2. The molecule has 0 spiro atoms. The molecule has 0 bridgehead atoms. The monoisotopic (exact) mass is 333 g/mol. The van der Waals surface area contributed by atoms with Gasteiger partial charge in [-0.05, 0) is 30.7 Å². The van der Waals surface area contributed by atoms with E-state index in [4.69, 9.17) is 0 Å². The Morgan fingerprint density at radius 2 is 2.22 bits per heavy atom. The van der Waals surface area contributed by atoms with E-state index in [1.54, 1.807) is 0 Å². The Bertz CT molecular complexity index is 657. The summed E-state index contributed by atoms with van der Waals surface area (Å²) in [7, 11) is 0. The lowest BCUT2D eigenvalue weighted by atomic mass is 9.95. The first-order valence-corrected chi connectivity index (χ1v) is 9.27. The third-order valence-corrected chi connectivity index (χ3v) is 5.52. The van der Waals surface area contributed by atoms with Gasteiger partial charge in [-0.15, -0.1) is 10.2 Å². The highest BCUT2D eigenvalue weighted by atomic mass is 32.2. The van der Waals surface area contributed by atoms with Crippen LogP contribution in [0.4, 0.5) is 4.79 Å². The van der Waals surface area contributed by atoms with E-state index in [2.05, 4.69) is 27.8 Å². The Labute approximate surface area is 140 Å². The van der Waals surface area contributed by atoms with Crippen molar-refractivity contribution in [1.82, 2.24) is 25.2 Å². The Kier molecular flexibility index (Phi) is 5.38. The summed E-state index contributed by atoms with van der Waals surface area (Å²) in [5.41, 5.74) is 0.788. The molecule has 2 aromatic rings. The van der Waals surface area contributed by atoms with E-state index in [1.807, 2.05) is 40.6 Å². The maximum atomic E-state index is 12.2. The highest BCUT2D eigenvalue weighted by Crippen LogP contribution is 2.28. The van der Waals surface area contributed by atoms with Gasteiger partial charge in [-0.25, -0.2) is 4.79 Å². The minimum absolute atomic E-state index is 0.119. The summed E-state index contributed by atoms with van der Waals surface area (Å²) in [5, 5.41) is 14.8. The van der Waals surface area contributed by atoms with Gasteiger partial charge in [0.2, 0.25) is 0 Å². The minimum Gasteiger partial charge on any atom is -0.334 e. The molecule has 2 aromatic heterocycles. The van der Waals surface area contributed by atoms with Crippen LogP contribution in [-0.4, -0.2) is 37.7 Å². The number of rotatable bonds is 5. The van der Waals surface area contributed by atoms with Crippen LogP contribution in [-0.2, 0) is 6.54 Å². The molecule has 2 heterocycles. The predicted molar refractivity (Wildman–Crippen MR) is 92.5 cm³/mol. The van der Waals surface area contributed by atoms with Crippen molar-refractivity contribution in [3.63, 3.8) is 0 Å². The summed E-state index contributed by atoms with van der Waals surface area (Å²) in [4.78, 5) is 12.2. The Balaban J connectivity index is 1.54. The zero-order valence-corrected chi connectivity index (χ0v) is 14.2. The van der Waals surface area contributed by atoms with E-state index in [0.29, 0.717) is 11.8 Å². The predicted octanol–water partition coefficient (Wildman–Crippen LogP) is 2.59. The van der Waals surface area contributed by atoms with Gasteiger partial charge in [-0.3, -0.25) is 4.40 Å². The molecule has 1 aliphatic carbocycles. The summed E-state index contributed by atoms with van der Waals surface area (Å²) in [6.07, 6.45) is 6.63. The number of nitrogens with one attached hydrogen (secondary N) is 2. The molecule has 2 amide bonds.